The summed E-state index contributed by atoms with van der Waals surface area (Å²) in [4.78, 5) is 26.1. The number of fused-ring (bicyclic) bond motifs is 2. The lowest BCUT2D eigenvalue weighted by Crippen LogP contribution is -2.47. The third-order valence-electron chi connectivity index (χ3n) is 4.07. The van der Waals surface area contributed by atoms with Crippen molar-refractivity contribution in [1.29, 1.82) is 0 Å². The van der Waals surface area contributed by atoms with Crippen molar-refractivity contribution in [1.82, 2.24) is 4.90 Å². The maximum absolute atomic E-state index is 12.5. The largest absolute Gasteiger partial charge is 0.466 e. The minimum absolute atomic E-state index is 0.00486. The number of methoxy groups -OCH3 is 1. The lowest BCUT2D eigenvalue weighted by atomic mass is 9.83. The van der Waals surface area contributed by atoms with Gasteiger partial charge in [0.15, 0.2) is 0 Å². The molecular formula is C16H17NO3. The zero-order valence-corrected chi connectivity index (χ0v) is 11.5. The number of carbonyl (C=O) groups excluding carboxylic acids is 2. The van der Waals surface area contributed by atoms with E-state index in [1.54, 1.807) is 0 Å². The van der Waals surface area contributed by atoms with Crippen molar-refractivity contribution < 1.29 is 14.3 Å². The van der Waals surface area contributed by atoms with Gasteiger partial charge in [-0.1, -0.05) is 18.2 Å². The standard InChI is InChI=1S/C16H17NO3/c1-20-15(18)10-13-11-6-2-3-7-12(11)16(19)17-9-5-4-8-14(13)17/h2-3,6-7,10,14H,4-5,8-9H2,1H3/b13-10+. The summed E-state index contributed by atoms with van der Waals surface area (Å²) < 4.78 is 4.76. The molecule has 1 aromatic rings. The molecule has 0 spiro atoms. The number of amides is 1. The fourth-order valence-corrected chi connectivity index (χ4v) is 3.11. The van der Waals surface area contributed by atoms with Crippen LogP contribution in [0.4, 0.5) is 0 Å². The summed E-state index contributed by atoms with van der Waals surface area (Å²) in [5.41, 5.74) is 2.46. The van der Waals surface area contributed by atoms with E-state index < -0.39 is 0 Å². The monoisotopic (exact) mass is 271 g/mol. The van der Waals surface area contributed by atoms with Gasteiger partial charge in [-0.15, -0.1) is 0 Å². The van der Waals surface area contributed by atoms with Gasteiger partial charge in [0, 0.05) is 18.2 Å². The third-order valence-corrected chi connectivity index (χ3v) is 4.07. The quantitative estimate of drug-likeness (QED) is 0.581. The normalized spacial score (nSPS) is 23.2. The Balaban J connectivity index is 2.14. The molecule has 0 radical (unpaired) electrons. The molecule has 2 aliphatic rings. The predicted octanol–water partition coefficient (Wildman–Crippen LogP) is 2.25. The maximum Gasteiger partial charge on any atom is 0.330 e. The van der Waals surface area contributed by atoms with Crippen LogP contribution in [-0.2, 0) is 9.53 Å². The summed E-state index contributed by atoms with van der Waals surface area (Å²) in [6, 6.07) is 7.50. The Labute approximate surface area is 118 Å². The van der Waals surface area contributed by atoms with Gasteiger partial charge < -0.3 is 9.64 Å². The van der Waals surface area contributed by atoms with Crippen molar-refractivity contribution >= 4 is 17.4 Å². The Morgan fingerprint density at radius 3 is 2.80 bits per heavy atom. The van der Waals surface area contributed by atoms with Crippen LogP contribution in [0.5, 0.6) is 0 Å². The molecule has 2 heterocycles. The second-order valence-electron chi connectivity index (χ2n) is 5.18. The van der Waals surface area contributed by atoms with Gasteiger partial charge in [0.25, 0.3) is 5.91 Å². The van der Waals surface area contributed by atoms with Crippen LogP contribution in [0, 0.1) is 0 Å². The number of benzene rings is 1. The summed E-state index contributed by atoms with van der Waals surface area (Å²) in [5.74, 6) is -0.290. The number of carbonyl (C=O) groups is 2. The highest BCUT2D eigenvalue weighted by Crippen LogP contribution is 2.37. The zero-order chi connectivity index (χ0) is 14.1. The first-order chi connectivity index (χ1) is 9.72. The Morgan fingerprint density at radius 2 is 2.05 bits per heavy atom. The van der Waals surface area contributed by atoms with E-state index >= 15 is 0 Å². The third kappa shape index (κ3) is 2.01. The molecule has 1 aromatic carbocycles. The highest BCUT2D eigenvalue weighted by Gasteiger charge is 2.37. The molecule has 104 valence electrons. The number of rotatable bonds is 1. The van der Waals surface area contributed by atoms with Gasteiger partial charge in [0.05, 0.1) is 13.2 Å². The van der Waals surface area contributed by atoms with Gasteiger partial charge in [-0.25, -0.2) is 4.79 Å². The van der Waals surface area contributed by atoms with Crippen molar-refractivity contribution in [3.8, 4) is 0 Å². The maximum atomic E-state index is 12.5. The molecule has 2 aliphatic heterocycles. The Bertz CT molecular complexity index is 591. The number of hydrogen-bond donors (Lipinski definition) is 0. The second kappa shape index (κ2) is 5.12. The second-order valence-corrected chi connectivity index (χ2v) is 5.18. The predicted molar refractivity (Wildman–Crippen MR) is 75.1 cm³/mol. The van der Waals surface area contributed by atoms with Gasteiger partial charge in [-0.2, -0.15) is 0 Å². The topological polar surface area (TPSA) is 46.6 Å². The molecule has 4 heteroatoms. The number of esters is 1. The molecule has 20 heavy (non-hydrogen) atoms. The summed E-state index contributed by atoms with van der Waals surface area (Å²) in [5, 5.41) is 0. The van der Waals surface area contributed by atoms with Crippen LogP contribution in [0.15, 0.2) is 30.3 Å². The van der Waals surface area contributed by atoms with E-state index in [0.717, 1.165) is 36.9 Å². The van der Waals surface area contributed by atoms with E-state index in [-0.39, 0.29) is 17.9 Å². The molecular weight excluding hydrogens is 254 g/mol. The van der Waals surface area contributed by atoms with E-state index in [2.05, 4.69) is 0 Å². The lowest BCUT2D eigenvalue weighted by molar-refractivity contribution is -0.134. The molecule has 1 atom stereocenters. The van der Waals surface area contributed by atoms with E-state index in [0.29, 0.717) is 5.56 Å². The van der Waals surface area contributed by atoms with Gasteiger partial charge in [-0.3, -0.25) is 4.79 Å². The molecule has 4 nitrogen and oxygen atoms in total. The highest BCUT2D eigenvalue weighted by atomic mass is 16.5. The van der Waals surface area contributed by atoms with Gasteiger partial charge in [-0.05, 0) is 36.5 Å². The molecule has 1 unspecified atom stereocenters. The van der Waals surface area contributed by atoms with Crippen LogP contribution in [0.1, 0.15) is 35.2 Å². The highest BCUT2D eigenvalue weighted by molar-refractivity contribution is 6.06. The SMILES string of the molecule is COC(=O)/C=C1\c2ccccc2C(=O)N2CCCCC12. The van der Waals surface area contributed by atoms with Crippen LogP contribution >= 0.6 is 0 Å². The number of nitrogens with zero attached hydrogens (tertiary/aromatic N) is 1. The molecule has 1 fully saturated rings. The van der Waals surface area contributed by atoms with Crippen molar-refractivity contribution in [2.75, 3.05) is 13.7 Å². The Morgan fingerprint density at radius 1 is 1.30 bits per heavy atom. The van der Waals surface area contributed by atoms with Crippen molar-refractivity contribution in [3.63, 3.8) is 0 Å². The first kappa shape index (κ1) is 12.9. The van der Waals surface area contributed by atoms with Crippen LogP contribution in [0.3, 0.4) is 0 Å². The number of piperidine rings is 1. The molecule has 1 saturated heterocycles. The average Bonchev–Trinajstić information content (AvgIpc) is 2.51. The smallest absolute Gasteiger partial charge is 0.330 e. The zero-order valence-electron chi connectivity index (χ0n) is 11.5. The molecule has 0 N–H and O–H groups in total. The Kier molecular flexibility index (Phi) is 3.30. The minimum atomic E-state index is -0.366. The van der Waals surface area contributed by atoms with E-state index in [1.807, 2.05) is 29.2 Å². The van der Waals surface area contributed by atoms with E-state index in [1.165, 1.54) is 13.2 Å². The fraction of sp³-hybridized carbons (Fsp3) is 0.375. The van der Waals surface area contributed by atoms with Gasteiger partial charge in [0.1, 0.15) is 0 Å². The molecule has 0 aromatic heterocycles. The number of hydrogen-bond acceptors (Lipinski definition) is 3. The lowest BCUT2D eigenvalue weighted by Gasteiger charge is -2.41. The first-order valence-corrected chi connectivity index (χ1v) is 6.92. The molecule has 0 saturated carbocycles. The number of ether oxygens (including phenoxy) is 1. The van der Waals surface area contributed by atoms with Crippen LogP contribution in [-0.4, -0.2) is 36.5 Å². The van der Waals surface area contributed by atoms with Crippen LogP contribution < -0.4 is 0 Å². The Hall–Kier alpha value is -2.10. The average molecular weight is 271 g/mol. The van der Waals surface area contributed by atoms with E-state index in [9.17, 15) is 9.59 Å². The molecule has 0 bridgehead atoms. The molecule has 0 aliphatic carbocycles. The summed E-state index contributed by atoms with van der Waals surface area (Å²) >= 11 is 0. The van der Waals surface area contributed by atoms with Crippen molar-refractivity contribution in [3.05, 3.63) is 41.5 Å². The molecule has 1 amide bonds. The first-order valence-electron chi connectivity index (χ1n) is 6.92. The van der Waals surface area contributed by atoms with Gasteiger partial charge in [0.2, 0.25) is 0 Å². The van der Waals surface area contributed by atoms with E-state index in [4.69, 9.17) is 4.74 Å². The van der Waals surface area contributed by atoms with Crippen molar-refractivity contribution in [2.24, 2.45) is 0 Å². The van der Waals surface area contributed by atoms with Crippen LogP contribution in [0.2, 0.25) is 0 Å². The summed E-state index contributed by atoms with van der Waals surface area (Å²) in [7, 11) is 1.37. The fourth-order valence-electron chi connectivity index (χ4n) is 3.11. The molecule has 3 rings (SSSR count). The summed E-state index contributed by atoms with van der Waals surface area (Å²) in [6.07, 6.45) is 4.54. The van der Waals surface area contributed by atoms with Crippen molar-refractivity contribution in [2.45, 2.75) is 25.3 Å². The van der Waals surface area contributed by atoms with Gasteiger partial charge >= 0.3 is 5.97 Å². The minimum Gasteiger partial charge on any atom is -0.466 e. The summed E-state index contributed by atoms with van der Waals surface area (Å²) in [6.45, 7) is 0.760. The van der Waals surface area contributed by atoms with Crippen LogP contribution in [0.25, 0.3) is 5.57 Å².